The average Bonchev–Trinajstić information content (AvgIpc) is 2.79. The van der Waals surface area contributed by atoms with Gasteiger partial charge in [-0.2, -0.15) is 13.2 Å². The van der Waals surface area contributed by atoms with Crippen molar-refractivity contribution < 1.29 is 18.0 Å². The number of amides is 1. The van der Waals surface area contributed by atoms with Gasteiger partial charge in [-0.1, -0.05) is 12.1 Å². The van der Waals surface area contributed by atoms with E-state index in [9.17, 15) is 18.0 Å². The van der Waals surface area contributed by atoms with Gasteiger partial charge in [0.25, 0.3) is 5.91 Å². The van der Waals surface area contributed by atoms with Crippen LogP contribution in [0.3, 0.4) is 0 Å². The lowest BCUT2D eigenvalue weighted by Gasteiger charge is -2.21. The van der Waals surface area contributed by atoms with Crippen LogP contribution in [0.1, 0.15) is 17.4 Å². The summed E-state index contributed by atoms with van der Waals surface area (Å²) in [5.74, 6) is -0.694. The molecule has 7 heteroatoms. The van der Waals surface area contributed by atoms with Crippen LogP contribution in [0.15, 0.2) is 24.3 Å². The number of benzene rings is 1. The fourth-order valence-electron chi connectivity index (χ4n) is 2.01. The first-order chi connectivity index (χ1) is 9.31. The Labute approximate surface area is 113 Å². The molecule has 0 aliphatic carbocycles. The Morgan fingerprint density at radius 1 is 1.40 bits per heavy atom. The van der Waals surface area contributed by atoms with E-state index in [4.69, 9.17) is 5.73 Å². The Hall–Kier alpha value is -2.18. The van der Waals surface area contributed by atoms with Gasteiger partial charge in [0.05, 0.1) is 11.2 Å². The first-order valence-corrected chi connectivity index (χ1v) is 6.05. The molecular formula is C13H14F3N3O. The van der Waals surface area contributed by atoms with E-state index >= 15 is 0 Å². The van der Waals surface area contributed by atoms with Crippen LogP contribution in [0.4, 0.5) is 18.9 Å². The number of para-hydroxylation sites is 1. The van der Waals surface area contributed by atoms with Gasteiger partial charge < -0.3 is 15.6 Å². The number of halogens is 3. The number of fused-ring (bicyclic) bond motifs is 1. The molecule has 3 N–H and O–H groups in total. The molecule has 108 valence electrons. The summed E-state index contributed by atoms with van der Waals surface area (Å²) in [5, 5.41) is 0.691. The van der Waals surface area contributed by atoms with Gasteiger partial charge >= 0.3 is 6.18 Å². The lowest BCUT2D eigenvalue weighted by Crippen LogP contribution is -2.38. The van der Waals surface area contributed by atoms with E-state index in [-0.39, 0.29) is 12.2 Å². The van der Waals surface area contributed by atoms with Gasteiger partial charge in [-0.25, -0.2) is 0 Å². The lowest BCUT2D eigenvalue weighted by atomic mass is 10.2. The van der Waals surface area contributed by atoms with Crippen molar-refractivity contribution in [1.29, 1.82) is 0 Å². The second-order valence-corrected chi connectivity index (χ2v) is 4.43. The Morgan fingerprint density at radius 3 is 2.65 bits per heavy atom. The van der Waals surface area contributed by atoms with Crippen LogP contribution in [-0.4, -0.2) is 35.1 Å². The van der Waals surface area contributed by atoms with Crippen LogP contribution in [0.2, 0.25) is 0 Å². The molecule has 2 rings (SSSR count). The maximum atomic E-state index is 12.4. The van der Waals surface area contributed by atoms with Crippen molar-refractivity contribution >= 4 is 22.5 Å². The number of nitrogens with one attached hydrogen (secondary N) is 1. The smallest absolute Gasteiger partial charge is 0.397 e. The number of H-pyrrole nitrogens is 1. The number of hydrogen-bond donors (Lipinski definition) is 2. The molecule has 20 heavy (non-hydrogen) atoms. The van der Waals surface area contributed by atoms with Crippen LogP contribution in [0.5, 0.6) is 0 Å². The third-order valence-electron chi connectivity index (χ3n) is 2.96. The van der Waals surface area contributed by atoms with E-state index in [0.717, 1.165) is 4.90 Å². The zero-order valence-corrected chi connectivity index (χ0v) is 10.8. The fraction of sp³-hybridized carbons (Fsp3) is 0.308. The highest BCUT2D eigenvalue weighted by Gasteiger charge is 2.33. The number of nitrogens with zero attached hydrogens (tertiary/aromatic N) is 1. The number of nitrogens with two attached hydrogens (primary N) is 1. The summed E-state index contributed by atoms with van der Waals surface area (Å²) in [6.07, 6.45) is -4.42. The average molecular weight is 285 g/mol. The van der Waals surface area contributed by atoms with Crippen molar-refractivity contribution in [3.05, 3.63) is 30.0 Å². The monoisotopic (exact) mass is 285 g/mol. The van der Waals surface area contributed by atoms with Gasteiger partial charge in [0.1, 0.15) is 12.2 Å². The van der Waals surface area contributed by atoms with Gasteiger partial charge in [-0.3, -0.25) is 4.79 Å². The largest absolute Gasteiger partial charge is 0.406 e. The van der Waals surface area contributed by atoms with Gasteiger partial charge in [0.15, 0.2) is 0 Å². The molecule has 0 aliphatic rings. The minimum atomic E-state index is -4.42. The van der Waals surface area contributed by atoms with Crippen molar-refractivity contribution in [3.63, 3.8) is 0 Å². The SMILES string of the molecule is CCN(CC(F)(F)F)C(=O)c1cc2cccc(N)c2[nH]1. The summed E-state index contributed by atoms with van der Waals surface area (Å²) < 4.78 is 37.2. The Balaban J connectivity index is 2.32. The normalized spacial score (nSPS) is 11.8. The summed E-state index contributed by atoms with van der Waals surface area (Å²) in [4.78, 5) is 15.6. The molecule has 0 saturated carbocycles. The van der Waals surface area contributed by atoms with Crippen molar-refractivity contribution in [1.82, 2.24) is 9.88 Å². The van der Waals surface area contributed by atoms with E-state index in [1.54, 1.807) is 18.2 Å². The van der Waals surface area contributed by atoms with Gasteiger partial charge in [-0.15, -0.1) is 0 Å². The maximum absolute atomic E-state index is 12.4. The number of nitrogen functional groups attached to an aromatic ring is 1. The fourth-order valence-corrected chi connectivity index (χ4v) is 2.01. The summed E-state index contributed by atoms with van der Waals surface area (Å²) in [6.45, 7) is 0.205. The highest BCUT2D eigenvalue weighted by Crippen LogP contribution is 2.23. The number of aromatic nitrogens is 1. The van der Waals surface area contributed by atoms with Crippen LogP contribution in [0, 0.1) is 0 Å². The number of alkyl halides is 3. The van der Waals surface area contributed by atoms with Crippen LogP contribution < -0.4 is 5.73 Å². The number of aromatic amines is 1. The minimum absolute atomic E-state index is 0.0246. The van der Waals surface area contributed by atoms with Gasteiger partial charge in [-0.05, 0) is 19.1 Å². The summed E-state index contributed by atoms with van der Waals surface area (Å²) >= 11 is 0. The number of anilines is 1. The standard InChI is InChI=1S/C13H14F3N3O/c1-2-19(7-13(14,15)16)12(20)10-6-8-4-3-5-9(17)11(8)18-10/h3-6,18H,2,7,17H2,1H3. The molecule has 0 unspecified atom stereocenters. The molecule has 1 amide bonds. The third kappa shape index (κ3) is 2.87. The Morgan fingerprint density at radius 2 is 2.10 bits per heavy atom. The molecule has 0 atom stereocenters. The topological polar surface area (TPSA) is 62.1 Å². The predicted molar refractivity (Wildman–Crippen MR) is 70.3 cm³/mol. The molecule has 1 aromatic carbocycles. The number of rotatable bonds is 3. The quantitative estimate of drug-likeness (QED) is 0.852. The molecule has 0 bridgehead atoms. The summed E-state index contributed by atoms with van der Waals surface area (Å²) in [5.41, 5.74) is 6.84. The van der Waals surface area contributed by atoms with Crippen LogP contribution in [0.25, 0.3) is 10.9 Å². The van der Waals surface area contributed by atoms with E-state index < -0.39 is 18.6 Å². The lowest BCUT2D eigenvalue weighted by molar-refractivity contribution is -0.140. The molecule has 1 aromatic heterocycles. The highest BCUT2D eigenvalue weighted by atomic mass is 19.4. The van der Waals surface area contributed by atoms with Crippen molar-refractivity contribution in [3.8, 4) is 0 Å². The third-order valence-corrected chi connectivity index (χ3v) is 2.96. The Kier molecular flexibility index (Phi) is 3.61. The molecule has 0 radical (unpaired) electrons. The Bertz CT molecular complexity index is 633. The predicted octanol–water partition coefficient (Wildman–Crippen LogP) is 2.77. The molecule has 1 heterocycles. The first-order valence-electron chi connectivity index (χ1n) is 6.05. The molecule has 0 aliphatic heterocycles. The second kappa shape index (κ2) is 5.07. The molecule has 0 saturated heterocycles. The van der Waals surface area contributed by atoms with Crippen molar-refractivity contribution in [2.45, 2.75) is 13.1 Å². The molecule has 0 spiro atoms. The molecule has 2 aromatic rings. The van der Waals surface area contributed by atoms with Crippen LogP contribution in [-0.2, 0) is 0 Å². The maximum Gasteiger partial charge on any atom is 0.406 e. The summed E-state index contributed by atoms with van der Waals surface area (Å²) in [7, 11) is 0. The van der Waals surface area contributed by atoms with E-state index in [1.165, 1.54) is 13.0 Å². The second-order valence-electron chi connectivity index (χ2n) is 4.43. The van der Waals surface area contributed by atoms with Gasteiger partial charge in [0, 0.05) is 11.9 Å². The van der Waals surface area contributed by atoms with E-state index in [2.05, 4.69) is 4.98 Å². The van der Waals surface area contributed by atoms with Crippen molar-refractivity contribution in [2.24, 2.45) is 0 Å². The summed E-state index contributed by atoms with van der Waals surface area (Å²) in [6, 6.07) is 6.61. The zero-order chi connectivity index (χ0) is 14.9. The number of hydrogen-bond acceptors (Lipinski definition) is 2. The van der Waals surface area contributed by atoms with Crippen molar-refractivity contribution in [2.75, 3.05) is 18.8 Å². The van der Waals surface area contributed by atoms with Crippen LogP contribution >= 0.6 is 0 Å². The molecule has 4 nitrogen and oxygen atoms in total. The minimum Gasteiger partial charge on any atom is -0.397 e. The van der Waals surface area contributed by atoms with Gasteiger partial charge in [0.2, 0.25) is 0 Å². The van der Waals surface area contributed by atoms with E-state index in [0.29, 0.717) is 16.6 Å². The zero-order valence-electron chi connectivity index (χ0n) is 10.8. The molecule has 0 fully saturated rings. The number of carbonyl (C=O) groups excluding carboxylic acids is 1. The van der Waals surface area contributed by atoms with E-state index in [1.807, 2.05) is 0 Å². The first kappa shape index (κ1) is 14.2. The highest BCUT2D eigenvalue weighted by molar-refractivity contribution is 6.00. The molecular weight excluding hydrogens is 271 g/mol. The number of carbonyl (C=O) groups is 1.